The van der Waals surface area contributed by atoms with E-state index in [2.05, 4.69) is 13.8 Å². The van der Waals surface area contributed by atoms with Crippen LogP contribution in [0.25, 0.3) is 0 Å². The van der Waals surface area contributed by atoms with Gasteiger partial charge in [-0.05, 0) is 42.4 Å². The lowest BCUT2D eigenvalue weighted by molar-refractivity contribution is 0.315. The highest BCUT2D eigenvalue weighted by molar-refractivity contribution is 7.89. The number of nitrogens with zero attached hydrogens (tertiary/aromatic N) is 1. The third-order valence-corrected chi connectivity index (χ3v) is 6.24. The van der Waals surface area contributed by atoms with Crippen LogP contribution >= 0.6 is 11.6 Å². The summed E-state index contributed by atoms with van der Waals surface area (Å²) in [6.45, 7) is 5.63. The zero-order valence-electron chi connectivity index (χ0n) is 12.1. The van der Waals surface area contributed by atoms with E-state index in [1.807, 2.05) is 0 Å². The molecule has 0 atom stereocenters. The molecule has 0 bridgehead atoms. The molecule has 1 fully saturated rings. The minimum Gasteiger partial charge on any atom is -0.207 e. The summed E-state index contributed by atoms with van der Waals surface area (Å²) < 4.78 is 26.9. The van der Waals surface area contributed by atoms with Crippen LogP contribution < -0.4 is 0 Å². The van der Waals surface area contributed by atoms with Gasteiger partial charge in [0.15, 0.2) is 0 Å². The number of sulfonamides is 1. The SMILES string of the molecule is CC1(C)CCCN(S(=O)(=O)c2ccc(CCl)cc2)CC1. The summed E-state index contributed by atoms with van der Waals surface area (Å²) in [7, 11) is -3.37. The Morgan fingerprint density at radius 1 is 1.15 bits per heavy atom. The summed E-state index contributed by atoms with van der Waals surface area (Å²) in [4.78, 5) is 0.367. The monoisotopic (exact) mass is 315 g/mol. The normalized spacial score (nSPS) is 20.6. The van der Waals surface area contributed by atoms with E-state index in [1.54, 1.807) is 28.6 Å². The molecule has 5 heteroatoms. The number of rotatable bonds is 3. The van der Waals surface area contributed by atoms with Gasteiger partial charge >= 0.3 is 0 Å². The molecule has 1 aromatic carbocycles. The maximum Gasteiger partial charge on any atom is 0.243 e. The van der Waals surface area contributed by atoms with Crippen molar-refractivity contribution in [3.05, 3.63) is 29.8 Å². The van der Waals surface area contributed by atoms with E-state index in [0.717, 1.165) is 24.8 Å². The van der Waals surface area contributed by atoms with Gasteiger partial charge in [-0.3, -0.25) is 0 Å². The Balaban J connectivity index is 2.20. The summed E-state index contributed by atoms with van der Waals surface area (Å²) in [6.07, 6.45) is 2.90. The summed E-state index contributed by atoms with van der Waals surface area (Å²) in [5, 5.41) is 0. The van der Waals surface area contributed by atoms with E-state index in [-0.39, 0.29) is 5.41 Å². The molecular formula is C15H22ClNO2S. The first-order chi connectivity index (χ1) is 9.35. The van der Waals surface area contributed by atoms with Gasteiger partial charge in [0, 0.05) is 19.0 Å². The van der Waals surface area contributed by atoms with Gasteiger partial charge in [-0.1, -0.05) is 26.0 Å². The van der Waals surface area contributed by atoms with Crippen molar-refractivity contribution in [2.24, 2.45) is 5.41 Å². The fraction of sp³-hybridized carbons (Fsp3) is 0.600. The zero-order chi connectivity index (χ0) is 14.8. The molecule has 112 valence electrons. The predicted octanol–water partition coefficient (Wildman–Crippen LogP) is 3.63. The Hall–Kier alpha value is -0.580. The van der Waals surface area contributed by atoms with Crippen molar-refractivity contribution in [1.29, 1.82) is 0 Å². The third kappa shape index (κ3) is 3.54. The van der Waals surface area contributed by atoms with Crippen molar-refractivity contribution in [3.8, 4) is 0 Å². The topological polar surface area (TPSA) is 37.4 Å². The third-order valence-electron chi connectivity index (χ3n) is 4.01. The predicted molar refractivity (Wildman–Crippen MR) is 82.4 cm³/mol. The molecular weight excluding hydrogens is 294 g/mol. The van der Waals surface area contributed by atoms with Crippen molar-refractivity contribution in [2.45, 2.75) is 43.9 Å². The van der Waals surface area contributed by atoms with Crippen molar-refractivity contribution in [3.63, 3.8) is 0 Å². The van der Waals surface area contributed by atoms with Crippen LogP contribution in [0.3, 0.4) is 0 Å². The molecule has 1 saturated heterocycles. The Bertz CT molecular complexity index is 552. The Labute approximate surface area is 127 Å². The largest absolute Gasteiger partial charge is 0.243 e. The van der Waals surface area contributed by atoms with Crippen LogP contribution in [0.5, 0.6) is 0 Å². The van der Waals surface area contributed by atoms with Gasteiger partial charge in [-0.25, -0.2) is 8.42 Å². The average molecular weight is 316 g/mol. The van der Waals surface area contributed by atoms with Crippen molar-refractivity contribution in [1.82, 2.24) is 4.31 Å². The lowest BCUT2D eigenvalue weighted by Crippen LogP contribution is -2.32. The van der Waals surface area contributed by atoms with Crippen LogP contribution in [0.15, 0.2) is 29.2 Å². The lowest BCUT2D eigenvalue weighted by atomic mass is 9.85. The Kier molecular flexibility index (Phi) is 4.77. The molecule has 1 aliphatic heterocycles. The van der Waals surface area contributed by atoms with Crippen LogP contribution in [-0.2, 0) is 15.9 Å². The van der Waals surface area contributed by atoms with Crippen LogP contribution in [0.1, 0.15) is 38.7 Å². The van der Waals surface area contributed by atoms with E-state index in [1.165, 1.54) is 0 Å². The second kappa shape index (κ2) is 6.04. The number of halogens is 1. The van der Waals surface area contributed by atoms with Crippen LogP contribution in [0.2, 0.25) is 0 Å². The summed E-state index contributed by atoms with van der Waals surface area (Å²) in [5.74, 6) is 0.401. The molecule has 1 aromatic rings. The van der Waals surface area contributed by atoms with Crippen LogP contribution in [0.4, 0.5) is 0 Å². The van der Waals surface area contributed by atoms with Crippen molar-refractivity contribution >= 4 is 21.6 Å². The van der Waals surface area contributed by atoms with Crippen molar-refractivity contribution < 1.29 is 8.42 Å². The van der Waals surface area contributed by atoms with Gasteiger partial charge in [0.05, 0.1) is 4.90 Å². The van der Waals surface area contributed by atoms with Gasteiger partial charge in [-0.15, -0.1) is 11.6 Å². The second-order valence-electron chi connectivity index (χ2n) is 6.20. The van der Waals surface area contributed by atoms with Crippen LogP contribution in [-0.4, -0.2) is 25.8 Å². The maximum atomic E-state index is 12.6. The first-order valence-corrected chi connectivity index (χ1v) is 8.98. The smallest absolute Gasteiger partial charge is 0.207 e. The number of benzene rings is 1. The molecule has 20 heavy (non-hydrogen) atoms. The molecule has 2 rings (SSSR count). The van der Waals surface area contributed by atoms with Gasteiger partial charge < -0.3 is 0 Å². The zero-order valence-corrected chi connectivity index (χ0v) is 13.7. The fourth-order valence-electron chi connectivity index (χ4n) is 2.54. The summed E-state index contributed by atoms with van der Waals surface area (Å²) in [6, 6.07) is 6.87. The van der Waals surface area contributed by atoms with E-state index in [9.17, 15) is 8.42 Å². The minimum atomic E-state index is -3.37. The highest BCUT2D eigenvalue weighted by Gasteiger charge is 2.30. The first-order valence-electron chi connectivity index (χ1n) is 7.00. The van der Waals surface area contributed by atoms with Crippen LogP contribution in [0, 0.1) is 5.41 Å². The molecule has 1 heterocycles. The average Bonchev–Trinajstić information content (AvgIpc) is 2.60. The number of hydrogen-bond donors (Lipinski definition) is 0. The van der Waals surface area contributed by atoms with Gasteiger partial charge in [0.25, 0.3) is 0 Å². The second-order valence-corrected chi connectivity index (χ2v) is 8.40. The molecule has 0 spiro atoms. The molecule has 0 aliphatic carbocycles. The van der Waals surface area contributed by atoms with E-state index >= 15 is 0 Å². The number of hydrogen-bond acceptors (Lipinski definition) is 2. The highest BCUT2D eigenvalue weighted by Crippen LogP contribution is 2.31. The molecule has 0 aromatic heterocycles. The molecule has 3 nitrogen and oxygen atoms in total. The maximum absolute atomic E-state index is 12.6. The molecule has 0 amide bonds. The minimum absolute atomic E-state index is 0.229. The Morgan fingerprint density at radius 3 is 2.40 bits per heavy atom. The summed E-state index contributed by atoms with van der Waals surface area (Å²) >= 11 is 5.74. The molecule has 1 aliphatic rings. The lowest BCUT2D eigenvalue weighted by Gasteiger charge is -2.23. The van der Waals surface area contributed by atoms with Gasteiger partial charge in [0.2, 0.25) is 10.0 Å². The summed E-state index contributed by atoms with van der Waals surface area (Å²) in [5.41, 5.74) is 1.16. The van der Waals surface area contributed by atoms with E-state index in [0.29, 0.717) is 23.9 Å². The van der Waals surface area contributed by atoms with E-state index < -0.39 is 10.0 Å². The molecule has 0 N–H and O–H groups in total. The van der Waals surface area contributed by atoms with Gasteiger partial charge in [0.1, 0.15) is 0 Å². The molecule has 0 saturated carbocycles. The molecule has 0 unspecified atom stereocenters. The van der Waals surface area contributed by atoms with Gasteiger partial charge in [-0.2, -0.15) is 4.31 Å². The molecule has 0 radical (unpaired) electrons. The fourth-order valence-corrected chi connectivity index (χ4v) is 4.20. The standard InChI is InChI=1S/C15H22ClNO2S/c1-15(2)8-3-10-17(11-9-15)20(18,19)14-6-4-13(12-16)5-7-14/h4-7H,3,8-12H2,1-2H3. The van der Waals surface area contributed by atoms with E-state index in [4.69, 9.17) is 11.6 Å². The first kappa shape index (κ1) is 15.8. The number of alkyl halides is 1. The highest BCUT2D eigenvalue weighted by atomic mass is 35.5. The quantitative estimate of drug-likeness (QED) is 0.799. The van der Waals surface area contributed by atoms with Crippen molar-refractivity contribution in [2.75, 3.05) is 13.1 Å². The Morgan fingerprint density at radius 2 is 1.80 bits per heavy atom.